The minimum absolute atomic E-state index is 0.464. The molecule has 0 atom stereocenters. The van der Waals surface area contributed by atoms with Crippen molar-refractivity contribution in [2.24, 2.45) is 13.5 Å². The van der Waals surface area contributed by atoms with Gasteiger partial charge in [0, 0.05) is 20.8 Å². The van der Waals surface area contributed by atoms with Gasteiger partial charge in [-0.25, -0.2) is 19.7 Å². The molecule has 0 aliphatic carbocycles. The SMILES string of the molecule is CC#N.CC#N.CC#N.[C-]#[N+]C.[C-]#[N+]C.[C-]#[N+]C.c1ccc(OP2(Oc3ccccc3)=NP(Oc3ccccc3)(Oc3ccccc3)=NP(Oc3ccccc3)(Oc3ccccc3)=N2)cc1. The van der Waals surface area contributed by atoms with Crippen molar-refractivity contribution in [3.8, 4) is 52.7 Å². The zero-order valence-electron chi connectivity index (χ0n) is 37.1. The van der Waals surface area contributed by atoms with Gasteiger partial charge in [0.05, 0.1) is 18.2 Å². The van der Waals surface area contributed by atoms with Gasteiger partial charge in [0.1, 0.15) is 34.5 Å². The van der Waals surface area contributed by atoms with Crippen molar-refractivity contribution in [2.75, 3.05) is 21.1 Å². The van der Waals surface area contributed by atoms with Crippen molar-refractivity contribution >= 4 is 23.0 Å². The first-order chi connectivity index (χ1) is 32.1. The van der Waals surface area contributed by atoms with Crippen LogP contribution in [-0.4, -0.2) is 21.1 Å². The molecule has 18 heteroatoms. The van der Waals surface area contributed by atoms with Crippen molar-refractivity contribution in [1.29, 1.82) is 15.8 Å². The van der Waals surface area contributed by atoms with Crippen LogP contribution in [0.4, 0.5) is 0 Å². The lowest BCUT2D eigenvalue weighted by molar-refractivity contribution is 0.443. The molecule has 336 valence electrons. The topological polar surface area (TPSA) is 177 Å². The Labute approximate surface area is 388 Å². The van der Waals surface area contributed by atoms with Crippen molar-refractivity contribution in [1.82, 2.24) is 0 Å². The van der Waals surface area contributed by atoms with Crippen LogP contribution in [0.1, 0.15) is 20.8 Å². The summed E-state index contributed by atoms with van der Waals surface area (Å²) in [5.41, 5.74) is 0. The first-order valence-corrected chi connectivity index (χ1v) is 23.8. The molecule has 0 bridgehead atoms. The molecule has 0 spiro atoms. The van der Waals surface area contributed by atoms with Crippen LogP contribution in [0.15, 0.2) is 196 Å². The van der Waals surface area contributed by atoms with Crippen molar-refractivity contribution in [3.05, 3.63) is 216 Å². The zero-order valence-corrected chi connectivity index (χ0v) is 39.8. The number of para-hydroxylation sites is 6. The van der Waals surface area contributed by atoms with E-state index in [9.17, 15) is 0 Å². The van der Waals surface area contributed by atoms with E-state index in [1.54, 1.807) is 91.0 Å². The van der Waals surface area contributed by atoms with Crippen molar-refractivity contribution in [2.45, 2.75) is 20.8 Å². The Kier molecular flexibility index (Phi) is 28.2. The molecule has 0 unspecified atom stereocenters. The average Bonchev–Trinajstić information content (AvgIpc) is 3.30. The third kappa shape index (κ3) is 21.7. The van der Waals surface area contributed by atoms with Gasteiger partial charge >= 0.3 is 23.0 Å². The Hall–Kier alpha value is -8.25. The largest absolute Gasteiger partial charge is 0.460 e. The van der Waals surface area contributed by atoms with Gasteiger partial charge in [0.15, 0.2) is 0 Å². The normalized spacial score (nSPS) is 11.8. The maximum atomic E-state index is 7.32. The second kappa shape index (κ2) is 33.3. The highest BCUT2D eigenvalue weighted by Gasteiger charge is 2.48. The minimum Gasteiger partial charge on any atom is -0.413 e. The Morgan fingerprint density at radius 2 is 0.439 bits per heavy atom. The summed E-state index contributed by atoms with van der Waals surface area (Å²) >= 11 is 0. The Bertz CT molecular complexity index is 2220. The van der Waals surface area contributed by atoms with Crippen molar-refractivity contribution < 1.29 is 27.1 Å². The van der Waals surface area contributed by atoms with E-state index in [4.69, 9.17) is 76.2 Å². The number of rotatable bonds is 12. The summed E-state index contributed by atoms with van der Waals surface area (Å²) in [5, 5.41) is 22.0. The van der Waals surface area contributed by atoms with Crippen LogP contribution >= 0.6 is 23.0 Å². The van der Waals surface area contributed by atoms with Gasteiger partial charge in [-0.1, -0.05) is 123 Å². The predicted molar refractivity (Wildman–Crippen MR) is 262 cm³/mol. The maximum absolute atomic E-state index is 7.32. The third-order valence-electron chi connectivity index (χ3n) is 6.48. The van der Waals surface area contributed by atoms with E-state index in [1.165, 1.54) is 41.9 Å². The van der Waals surface area contributed by atoms with Crippen LogP contribution in [-0.2, 0) is 0 Å². The van der Waals surface area contributed by atoms with E-state index in [2.05, 4.69) is 14.5 Å². The molecule has 66 heavy (non-hydrogen) atoms. The van der Waals surface area contributed by atoms with E-state index in [1.807, 2.05) is 109 Å². The van der Waals surface area contributed by atoms with Gasteiger partial charge in [0.2, 0.25) is 21.1 Å². The molecule has 7 rings (SSSR count). The third-order valence-corrected chi connectivity index (χ3v) is 14.6. The quantitative estimate of drug-likeness (QED) is 0.0853. The molecular weight excluding hydrogens is 892 g/mol. The van der Waals surface area contributed by atoms with Gasteiger partial charge in [-0.05, 0) is 72.8 Å². The Morgan fingerprint density at radius 1 is 0.333 bits per heavy atom. The number of hydrogen-bond acceptors (Lipinski definition) is 12. The summed E-state index contributed by atoms with van der Waals surface area (Å²) in [4.78, 5) is 8.25. The average molecular weight is 940 g/mol. The van der Waals surface area contributed by atoms with Crippen LogP contribution in [0.25, 0.3) is 14.5 Å². The highest BCUT2D eigenvalue weighted by Crippen LogP contribution is 2.78. The van der Waals surface area contributed by atoms with Gasteiger partial charge in [-0.2, -0.15) is 15.8 Å². The highest BCUT2D eigenvalue weighted by molar-refractivity contribution is 7.79. The first-order valence-electron chi connectivity index (χ1n) is 19.2. The van der Waals surface area contributed by atoms with E-state index in [-0.39, 0.29) is 0 Å². The van der Waals surface area contributed by atoms with E-state index in [0.29, 0.717) is 34.5 Å². The van der Waals surface area contributed by atoms with Crippen LogP contribution in [0.5, 0.6) is 34.5 Å². The smallest absolute Gasteiger partial charge is 0.413 e. The zero-order chi connectivity index (χ0) is 48.8. The van der Waals surface area contributed by atoms with E-state index in [0.717, 1.165) is 0 Å². The molecule has 0 radical (unpaired) electrons. The number of benzene rings is 6. The van der Waals surface area contributed by atoms with Gasteiger partial charge < -0.3 is 41.7 Å². The van der Waals surface area contributed by atoms with Crippen LogP contribution in [0.3, 0.4) is 0 Å². The summed E-state index contributed by atoms with van der Waals surface area (Å²) in [6.07, 6.45) is 0. The number of nitrogens with zero attached hydrogens (tertiary/aromatic N) is 9. The predicted octanol–water partition coefficient (Wildman–Crippen LogP) is 15.5. The van der Waals surface area contributed by atoms with E-state index >= 15 is 0 Å². The van der Waals surface area contributed by atoms with Gasteiger partial charge in [-0.15, -0.1) is 0 Å². The molecule has 1 aliphatic heterocycles. The van der Waals surface area contributed by atoms with Crippen LogP contribution in [0.2, 0.25) is 0 Å². The molecule has 0 fully saturated rings. The monoisotopic (exact) mass is 939 g/mol. The molecular formula is C48H48N9O6P3. The molecule has 0 aromatic heterocycles. The minimum atomic E-state index is -3.87. The summed E-state index contributed by atoms with van der Waals surface area (Å²) in [5.74, 6) is 2.78. The molecule has 15 nitrogen and oxygen atoms in total. The highest BCUT2D eigenvalue weighted by atomic mass is 31.3. The fourth-order valence-electron chi connectivity index (χ4n) is 4.47. The number of hydrogen-bond donors (Lipinski definition) is 0. The Balaban J connectivity index is 0.00000105. The molecule has 6 aromatic rings. The second-order valence-electron chi connectivity index (χ2n) is 11.5. The maximum Gasteiger partial charge on any atom is 0.460 e. The van der Waals surface area contributed by atoms with E-state index < -0.39 is 23.0 Å². The number of nitriles is 3. The molecule has 6 aromatic carbocycles. The van der Waals surface area contributed by atoms with Gasteiger partial charge in [0.25, 0.3) is 0 Å². The molecule has 1 heterocycles. The summed E-state index contributed by atoms with van der Waals surface area (Å²) < 4.78 is 56.0. The Morgan fingerprint density at radius 3 is 0.545 bits per heavy atom. The lowest BCUT2D eigenvalue weighted by Crippen LogP contribution is -2.11. The fourth-order valence-corrected chi connectivity index (χ4v) is 13.5. The second-order valence-corrected chi connectivity index (χ2v) is 17.7. The van der Waals surface area contributed by atoms with Crippen LogP contribution in [0, 0.1) is 53.7 Å². The lowest BCUT2D eigenvalue weighted by atomic mass is 10.3. The van der Waals surface area contributed by atoms with Crippen molar-refractivity contribution in [3.63, 3.8) is 0 Å². The lowest BCUT2D eigenvalue weighted by Gasteiger charge is -2.33. The molecule has 0 amide bonds. The first kappa shape index (κ1) is 55.8. The molecule has 1 aliphatic rings. The molecule has 0 N–H and O–H groups in total. The molecule has 0 saturated carbocycles. The molecule has 0 saturated heterocycles. The van der Waals surface area contributed by atoms with Gasteiger partial charge in [-0.3, -0.25) is 0 Å². The standard InChI is InChI=1S/C36H30N3O6P3.6C2H3N/c1-7-19-31(20-8-1)40-46(41-32-21-9-2-10-22-32)37-47(42-33-23-11-3-12-24-33,43-34-25-13-4-14-26-34)39-48(38-46,44-35-27-15-5-16-28-35)45-36-29-17-6-18-30-36;3*1-3-2;3*1-2-3/h1-30H;6*1H3. The van der Waals surface area contributed by atoms with Crippen LogP contribution < -0.4 is 27.1 Å². The fraction of sp³-hybridized carbons (Fsp3) is 0.125. The summed E-state index contributed by atoms with van der Waals surface area (Å²) in [6.45, 7) is 21.8. The summed E-state index contributed by atoms with van der Waals surface area (Å²) in [6, 6.07) is 60.5. The summed E-state index contributed by atoms with van der Waals surface area (Å²) in [7, 11) is -7.36.